The minimum Gasteiger partial charge on any atom is -0.260 e. The minimum atomic E-state index is 0.641. The van der Waals surface area contributed by atoms with Gasteiger partial charge in [-0.2, -0.15) is 0 Å². The van der Waals surface area contributed by atoms with Gasteiger partial charge in [0, 0.05) is 35.1 Å². The maximum Gasteiger partial charge on any atom is 0.0584 e. The SMILES string of the molecule is CC1Cc2cccnc2CN1I. The molecule has 1 aromatic heterocycles. The number of hydrogen-bond acceptors (Lipinski definition) is 2. The Balaban J connectivity index is 2.34. The molecule has 0 fully saturated rings. The normalized spacial score (nSPS) is 23.7. The van der Waals surface area contributed by atoms with Gasteiger partial charge in [-0.25, -0.2) is 3.11 Å². The van der Waals surface area contributed by atoms with Crippen molar-refractivity contribution >= 4 is 22.9 Å². The molecule has 1 aliphatic heterocycles. The molecule has 3 heteroatoms. The Morgan fingerprint density at radius 1 is 1.67 bits per heavy atom. The van der Waals surface area contributed by atoms with Gasteiger partial charge in [0.05, 0.1) is 12.2 Å². The first-order valence-electron chi connectivity index (χ1n) is 4.12. The molecule has 12 heavy (non-hydrogen) atoms. The Bertz CT molecular complexity index is 259. The van der Waals surface area contributed by atoms with Crippen LogP contribution < -0.4 is 0 Å². The van der Waals surface area contributed by atoms with Crippen molar-refractivity contribution in [2.24, 2.45) is 0 Å². The van der Waals surface area contributed by atoms with Crippen molar-refractivity contribution in [2.45, 2.75) is 25.9 Å². The monoisotopic (exact) mass is 274 g/mol. The van der Waals surface area contributed by atoms with E-state index in [1.165, 1.54) is 11.3 Å². The van der Waals surface area contributed by atoms with Crippen LogP contribution in [0.15, 0.2) is 18.3 Å². The van der Waals surface area contributed by atoms with E-state index in [1.54, 1.807) is 0 Å². The first-order chi connectivity index (χ1) is 5.77. The maximum atomic E-state index is 4.36. The van der Waals surface area contributed by atoms with Crippen LogP contribution in [0.3, 0.4) is 0 Å². The number of pyridine rings is 1. The highest BCUT2D eigenvalue weighted by molar-refractivity contribution is 14.1. The molecular weight excluding hydrogens is 263 g/mol. The van der Waals surface area contributed by atoms with Crippen LogP contribution in [0.1, 0.15) is 18.2 Å². The summed E-state index contributed by atoms with van der Waals surface area (Å²) >= 11 is 2.37. The average Bonchev–Trinajstić information content (AvgIpc) is 2.07. The van der Waals surface area contributed by atoms with Crippen LogP contribution in [0.5, 0.6) is 0 Å². The topological polar surface area (TPSA) is 16.1 Å². The lowest BCUT2D eigenvalue weighted by Crippen LogP contribution is -2.31. The van der Waals surface area contributed by atoms with Crippen molar-refractivity contribution in [1.29, 1.82) is 0 Å². The van der Waals surface area contributed by atoms with Crippen molar-refractivity contribution < 1.29 is 0 Å². The van der Waals surface area contributed by atoms with Gasteiger partial charge in [-0.05, 0) is 25.0 Å². The van der Waals surface area contributed by atoms with E-state index in [4.69, 9.17) is 0 Å². The molecular formula is C9H11IN2. The van der Waals surface area contributed by atoms with Crippen LogP contribution in [0.4, 0.5) is 0 Å². The van der Waals surface area contributed by atoms with Crippen LogP contribution in [-0.2, 0) is 13.0 Å². The second-order valence-corrected chi connectivity index (χ2v) is 4.46. The number of halogens is 1. The van der Waals surface area contributed by atoms with Gasteiger partial charge in [-0.1, -0.05) is 6.07 Å². The molecule has 1 atom stereocenters. The molecule has 1 aromatic rings. The van der Waals surface area contributed by atoms with E-state index in [-0.39, 0.29) is 0 Å². The third-order valence-corrected chi connectivity index (χ3v) is 3.57. The standard InChI is InChI=1S/C9H11IN2/c1-7-5-8-3-2-4-11-9(8)6-12(7)10/h2-4,7H,5-6H2,1H3. The summed E-state index contributed by atoms with van der Waals surface area (Å²) in [5.41, 5.74) is 2.66. The predicted molar refractivity (Wildman–Crippen MR) is 57.0 cm³/mol. The quantitative estimate of drug-likeness (QED) is 0.532. The Morgan fingerprint density at radius 3 is 3.33 bits per heavy atom. The van der Waals surface area contributed by atoms with E-state index in [2.05, 4.69) is 44.0 Å². The molecule has 64 valence electrons. The number of hydrogen-bond donors (Lipinski definition) is 0. The molecule has 2 nitrogen and oxygen atoms in total. The molecule has 0 aromatic carbocycles. The van der Waals surface area contributed by atoms with E-state index in [1.807, 2.05) is 12.3 Å². The smallest absolute Gasteiger partial charge is 0.0584 e. The molecule has 0 radical (unpaired) electrons. The molecule has 0 bridgehead atoms. The molecule has 0 saturated heterocycles. The van der Waals surface area contributed by atoms with Gasteiger partial charge in [0.15, 0.2) is 0 Å². The van der Waals surface area contributed by atoms with E-state index < -0.39 is 0 Å². The molecule has 0 aliphatic carbocycles. The van der Waals surface area contributed by atoms with E-state index in [9.17, 15) is 0 Å². The third kappa shape index (κ3) is 1.47. The molecule has 0 amide bonds. The lowest BCUT2D eigenvalue weighted by molar-refractivity contribution is 0.367. The Labute approximate surface area is 86.5 Å². The summed E-state index contributed by atoms with van der Waals surface area (Å²) in [5, 5.41) is 0. The first-order valence-corrected chi connectivity index (χ1v) is 5.09. The van der Waals surface area contributed by atoms with Gasteiger partial charge in [0.2, 0.25) is 0 Å². The Kier molecular flexibility index (Phi) is 2.32. The zero-order valence-corrected chi connectivity index (χ0v) is 9.15. The van der Waals surface area contributed by atoms with Gasteiger partial charge in [-0.15, -0.1) is 0 Å². The highest BCUT2D eigenvalue weighted by Crippen LogP contribution is 2.23. The molecule has 0 N–H and O–H groups in total. The number of nitrogens with zero attached hydrogens (tertiary/aromatic N) is 2. The van der Waals surface area contributed by atoms with Gasteiger partial charge in [-0.3, -0.25) is 4.98 Å². The Hall–Kier alpha value is -0.160. The molecule has 1 aliphatic rings. The van der Waals surface area contributed by atoms with E-state index >= 15 is 0 Å². The van der Waals surface area contributed by atoms with E-state index in [0.29, 0.717) is 6.04 Å². The fourth-order valence-electron chi connectivity index (χ4n) is 1.52. The van der Waals surface area contributed by atoms with Crippen LogP contribution in [0, 0.1) is 0 Å². The summed E-state index contributed by atoms with van der Waals surface area (Å²) < 4.78 is 2.31. The third-order valence-electron chi connectivity index (χ3n) is 2.28. The van der Waals surface area contributed by atoms with Gasteiger partial charge in [0.25, 0.3) is 0 Å². The maximum absolute atomic E-state index is 4.36. The number of aromatic nitrogens is 1. The number of fused-ring (bicyclic) bond motifs is 1. The predicted octanol–water partition coefficient (Wildman–Crippen LogP) is 2.18. The summed E-state index contributed by atoms with van der Waals surface area (Å²) in [6.07, 6.45) is 3.01. The largest absolute Gasteiger partial charge is 0.260 e. The van der Waals surface area contributed by atoms with Crippen molar-refractivity contribution in [3.63, 3.8) is 0 Å². The zero-order chi connectivity index (χ0) is 8.55. The van der Waals surface area contributed by atoms with Crippen molar-refractivity contribution in [3.8, 4) is 0 Å². The molecule has 0 spiro atoms. The van der Waals surface area contributed by atoms with Crippen molar-refractivity contribution in [3.05, 3.63) is 29.6 Å². The highest BCUT2D eigenvalue weighted by atomic mass is 127. The van der Waals surface area contributed by atoms with E-state index in [0.717, 1.165) is 13.0 Å². The lowest BCUT2D eigenvalue weighted by Gasteiger charge is -2.28. The minimum absolute atomic E-state index is 0.641. The van der Waals surface area contributed by atoms with Gasteiger partial charge in [0.1, 0.15) is 0 Å². The van der Waals surface area contributed by atoms with Gasteiger partial charge < -0.3 is 0 Å². The highest BCUT2D eigenvalue weighted by Gasteiger charge is 2.20. The zero-order valence-electron chi connectivity index (χ0n) is 7.00. The van der Waals surface area contributed by atoms with Crippen molar-refractivity contribution in [1.82, 2.24) is 8.10 Å². The Morgan fingerprint density at radius 2 is 2.50 bits per heavy atom. The molecule has 2 rings (SSSR count). The fourth-order valence-corrected chi connectivity index (χ4v) is 2.04. The summed E-state index contributed by atoms with van der Waals surface area (Å²) in [4.78, 5) is 4.36. The summed E-state index contributed by atoms with van der Waals surface area (Å²) in [6.45, 7) is 3.24. The van der Waals surface area contributed by atoms with Crippen LogP contribution in [0.25, 0.3) is 0 Å². The average molecular weight is 274 g/mol. The summed E-state index contributed by atoms with van der Waals surface area (Å²) in [7, 11) is 0. The van der Waals surface area contributed by atoms with Crippen LogP contribution >= 0.6 is 22.9 Å². The lowest BCUT2D eigenvalue weighted by atomic mass is 10.0. The second-order valence-electron chi connectivity index (χ2n) is 3.22. The summed E-state index contributed by atoms with van der Waals surface area (Å²) in [5.74, 6) is 0. The second kappa shape index (κ2) is 3.30. The van der Waals surface area contributed by atoms with Crippen molar-refractivity contribution in [2.75, 3.05) is 0 Å². The molecule has 0 saturated carbocycles. The molecule has 1 unspecified atom stereocenters. The number of rotatable bonds is 0. The first kappa shape index (κ1) is 8.44. The fraction of sp³-hybridized carbons (Fsp3) is 0.444. The van der Waals surface area contributed by atoms with Gasteiger partial charge >= 0.3 is 0 Å². The molecule has 2 heterocycles. The van der Waals surface area contributed by atoms with Crippen LogP contribution in [0.2, 0.25) is 0 Å². The summed E-state index contributed by atoms with van der Waals surface area (Å²) in [6, 6.07) is 4.85. The van der Waals surface area contributed by atoms with Crippen LogP contribution in [-0.4, -0.2) is 14.1 Å².